The molecule has 2 aromatic heterocycles. The molecular formula is C16H17N3. The normalized spacial score (nSPS) is 13.1. The van der Waals surface area contributed by atoms with Crippen LogP contribution in [0.1, 0.15) is 18.1 Å². The van der Waals surface area contributed by atoms with E-state index < -0.39 is 0 Å². The van der Waals surface area contributed by atoms with Crippen molar-refractivity contribution < 1.29 is 0 Å². The zero-order valence-corrected chi connectivity index (χ0v) is 11.5. The molecule has 3 heteroatoms. The predicted molar refractivity (Wildman–Crippen MR) is 79.2 cm³/mol. The second-order valence-electron chi connectivity index (χ2n) is 5.14. The van der Waals surface area contributed by atoms with Gasteiger partial charge in [-0.25, -0.2) is 0 Å². The lowest BCUT2D eigenvalue weighted by Gasteiger charge is -2.13. The molecule has 0 saturated carbocycles. The molecule has 0 radical (unpaired) electrons. The van der Waals surface area contributed by atoms with E-state index in [1.54, 1.807) is 0 Å². The summed E-state index contributed by atoms with van der Waals surface area (Å²) < 4.78 is 0. The highest BCUT2D eigenvalue weighted by atomic mass is 15.1. The fraction of sp³-hybridized carbons (Fsp3) is 0.250. The highest BCUT2D eigenvalue weighted by molar-refractivity contribution is 5.75. The predicted octanol–water partition coefficient (Wildman–Crippen LogP) is 3.17. The summed E-state index contributed by atoms with van der Waals surface area (Å²) in [6, 6.07) is 4.29. The molecule has 3 rings (SSSR count). The molecular weight excluding hydrogens is 234 g/mol. The van der Waals surface area contributed by atoms with E-state index in [1.807, 2.05) is 32.7 Å². The minimum atomic E-state index is 0.990. The smallest absolute Gasteiger partial charge is 0.0724 e. The molecule has 3 nitrogen and oxygen atoms in total. The Kier molecular flexibility index (Phi) is 2.82. The first-order valence-corrected chi connectivity index (χ1v) is 6.44. The second kappa shape index (κ2) is 4.50. The van der Waals surface area contributed by atoms with Crippen LogP contribution in [-0.2, 0) is 6.42 Å². The number of fused-ring (bicyclic) bond motifs is 1. The summed E-state index contributed by atoms with van der Waals surface area (Å²) >= 11 is 0. The lowest BCUT2D eigenvalue weighted by Crippen LogP contribution is -2.08. The van der Waals surface area contributed by atoms with Crippen molar-refractivity contribution in [1.82, 2.24) is 9.97 Å². The molecule has 1 aliphatic rings. The van der Waals surface area contributed by atoms with Crippen molar-refractivity contribution in [3.8, 4) is 11.3 Å². The van der Waals surface area contributed by atoms with Gasteiger partial charge in [0.05, 0.1) is 17.6 Å². The number of rotatable bonds is 2. The fourth-order valence-corrected chi connectivity index (χ4v) is 2.36. The zero-order valence-electron chi connectivity index (χ0n) is 11.5. The van der Waals surface area contributed by atoms with Crippen LogP contribution in [0.15, 0.2) is 36.8 Å². The van der Waals surface area contributed by atoms with Gasteiger partial charge in [-0.3, -0.25) is 9.97 Å². The summed E-state index contributed by atoms with van der Waals surface area (Å²) in [5.74, 6) is 0. The number of nitrogens with zero attached hydrogens (tertiary/aromatic N) is 3. The molecule has 0 N–H and O–H groups in total. The van der Waals surface area contributed by atoms with Crippen LogP contribution in [0, 0.1) is 0 Å². The number of aromatic nitrogens is 2. The van der Waals surface area contributed by atoms with Crippen LogP contribution < -0.4 is 4.90 Å². The van der Waals surface area contributed by atoms with Gasteiger partial charge in [0, 0.05) is 32.1 Å². The maximum atomic E-state index is 4.56. The van der Waals surface area contributed by atoms with Crippen LogP contribution in [-0.4, -0.2) is 24.1 Å². The van der Waals surface area contributed by atoms with Gasteiger partial charge in [0.25, 0.3) is 0 Å². The SMILES string of the molecule is CC1=CCc2cnc(-c3cncc(N(C)C)c3)cc21. The highest BCUT2D eigenvalue weighted by Gasteiger charge is 2.13. The second-order valence-corrected chi connectivity index (χ2v) is 5.14. The lowest BCUT2D eigenvalue weighted by molar-refractivity contribution is 1.11. The fourth-order valence-electron chi connectivity index (χ4n) is 2.36. The Labute approximate surface area is 113 Å². The van der Waals surface area contributed by atoms with Crippen molar-refractivity contribution in [3.05, 3.63) is 47.9 Å². The Hall–Kier alpha value is -2.16. The summed E-state index contributed by atoms with van der Waals surface area (Å²) in [4.78, 5) is 10.9. The van der Waals surface area contributed by atoms with Gasteiger partial charge in [-0.2, -0.15) is 0 Å². The molecule has 2 aromatic rings. The van der Waals surface area contributed by atoms with Crippen molar-refractivity contribution in [2.75, 3.05) is 19.0 Å². The largest absolute Gasteiger partial charge is 0.376 e. The van der Waals surface area contributed by atoms with Gasteiger partial charge in [0.2, 0.25) is 0 Å². The van der Waals surface area contributed by atoms with Gasteiger partial charge in [0.15, 0.2) is 0 Å². The lowest BCUT2D eigenvalue weighted by atomic mass is 10.1. The van der Waals surface area contributed by atoms with Crippen LogP contribution >= 0.6 is 0 Å². The van der Waals surface area contributed by atoms with Crippen molar-refractivity contribution in [1.29, 1.82) is 0 Å². The summed E-state index contributed by atoms with van der Waals surface area (Å²) in [7, 11) is 4.04. The molecule has 0 saturated heterocycles. The number of pyridine rings is 2. The summed E-state index contributed by atoms with van der Waals surface area (Å²) in [5.41, 5.74) is 7.12. The molecule has 0 atom stereocenters. The number of hydrogen-bond donors (Lipinski definition) is 0. The quantitative estimate of drug-likeness (QED) is 0.821. The van der Waals surface area contributed by atoms with Crippen molar-refractivity contribution in [2.24, 2.45) is 0 Å². The molecule has 0 aromatic carbocycles. The molecule has 0 bridgehead atoms. The molecule has 0 spiro atoms. The Morgan fingerprint density at radius 3 is 2.74 bits per heavy atom. The average molecular weight is 251 g/mol. The third-order valence-electron chi connectivity index (χ3n) is 3.58. The van der Waals surface area contributed by atoms with Gasteiger partial charge in [-0.05, 0) is 42.2 Å². The minimum absolute atomic E-state index is 0.990. The molecule has 0 unspecified atom stereocenters. The molecule has 19 heavy (non-hydrogen) atoms. The third-order valence-corrected chi connectivity index (χ3v) is 3.58. The average Bonchev–Trinajstić information content (AvgIpc) is 2.80. The van der Waals surface area contributed by atoms with E-state index >= 15 is 0 Å². The van der Waals surface area contributed by atoms with E-state index in [2.05, 4.69) is 40.0 Å². The van der Waals surface area contributed by atoms with E-state index in [0.29, 0.717) is 0 Å². The van der Waals surface area contributed by atoms with E-state index in [-0.39, 0.29) is 0 Å². The topological polar surface area (TPSA) is 29.0 Å². The maximum Gasteiger partial charge on any atom is 0.0724 e. The Morgan fingerprint density at radius 1 is 1.11 bits per heavy atom. The molecule has 0 fully saturated rings. The monoisotopic (exact) mass is 251 g/mol. The summed E-state index contributed by atoms with van der Waals surface area (Å²) in [6.07, 6.45) is 8.98. The molecule has 96 valence electrons. The summed E-state index contributed by atoms with van der Waals surface area (Å²) in [5, 5.41) is 0. The van der Waals surface area contributed by atoms with Crippen molar-refractivity contribution >= 4 is 11.3 Å². The van der Waals surface area contributed by atoms with Gasteiger partial charge in [0.1, 0.15) is 0 Å². The molecule has 1 aliphatic carbocycles. The van der Waals surface area contributed by atoms with E-state index in [0.717, 1.165) is 23.4 Å². The zero-order chi connectivity index (χ0) is 13.4. The molecule has 0 aliphatic heterocycles. The number of anilines is 1. The molecule has 2 heterocycles. The van der Waals surface area contributed by atoms with Crippen LogP contribution in [0.25, 0.3) is 16.8 Å². The van der Waals surface area contributed by atoms with E-state index in [9.17, 15) is 0 Å². The Balaban J connectivity index is 2.05. The molecule has 0 amide bonds. The first-order valence-electron chi connectivity index (χ1n) is 6.44. The number of allylic oxidation sites excluding steroid dienone is 2. The van der Waals surface area contributed by atoms with Crippen LogP contribution in [0.4, 0.5) is 5.69 Å². The van der Waals surface area contributed by atoms with Crippen LogP contribution in [0.5, 0.6) is 0 Å². The highest BCUT2D eigenvalue weighted by Crippen LogP contribution is 2.30. The van der Waals surface area contributed by atoms with Gasteiger partial charge >= 0.3 is 0 Å². The van der Waals surface area contributed by atoms with E-state index in [1.165, 1.54) is 16.7 Å². The van der Waals surface area contributed by atoms with Gasteiger partial charge < -0.3 is 4.90 Å². The third kappa shape index (κ3) is 2.12. The Morgan fingerprint density at radius 2 is 1.95 bits per heavy atom. The first kappa shape index (κ1) is 11.9. The van der Waals surface area contributed by atoms with E-state index in [4.69, 9.17) is 0 Å². The van der Waals surface area contributed by atoms with Gasteiger partial charge in [-0.1, -0.05) is 6.08 Å². The van der Waals surface area contributed by atoms with Crippen molar-refractivity contribution in [2.45, 2.75) is 13.3 Å². The Bertz CT molecular complexity index is 657. The van der Waals surface area contributed by atoms with Crippen LogP contribution in [0.3, 0.4) is 0 Å². The van der Waals surface area contributed by atoms with Crippen molar-refractivity contribution in [3.63, 3.8) is 0 Å². The van der Waals surface area contributed by atoms with Gasteiger partial charge in [-0.15, -0.1) is 0 Å². The van der Waals surface area contributed by atoms with Crippen LogP contribution in [0.2, 0.25) is 0 Å². The standard InChI is InChI=1S/C16H17N3/c1-11-4-5-12-9-18-16(7-15(11)12)13-6-14(19(2)3)10-17-8-13/h4,6-10H,5H2,1-3H3. The number of hydrogen-bond acceptors (Lipinski definition) is 3. The maximum absolute atomic E-state index is 4.56. The summed E-state index contributed by atoms with van der Waals surface area (Å²) in [6.45, 7) is 2.16. The first-order chi connectivity index (χ1) is 9.15. The minimum Gasteiger partial charge on any atom is -0.376 e.